The zero-order valence-corrected chi connectivity index (χ0v) is 15.3. The lowest BCUT2D eigenvalue weighted by molar-refractivity contribution is 0.00719. The van der Waals surface area contributed by atoms with Gasteiger partial charge >= 0.3 is 5.97 Å². The molecule has 0 saturated carbocycles. The van der Waals surface area contributed by atoms with Gasteiger partial charge in [-0.2, -0.15) is 0 Å². The number of H-pyrrole nitrogens is 1. The number of anilines is 1. The zero-order chi connectivity index (χ0) is 18.2. The van der Waals surface area contributed by atoms with Crippen LogP contribution >= 0.6 is 0 Å². The Morgan fingerprint density at radius 2 is 1.84 bits per heavy atom. The van der Waals surface area contributed by atoms with Crippen molar-refractivity contribution in [1.29, 1.82) is 0 Å². The van der Waals surface area contributed by atoms with Gasteiger partial charge in [-0.15, -0.1) is 0 Å². The second-order valence-corrected chi connectivity index (χ2v) is 7.26. The smallest absolute Gasteiger partial charge is 0.340 e. The second-order valence-electron chi connectivity index (χ2n) is 7.26. The summed E-state index contributed by atoms with van der Waals surface area (Å²) in [6.45, 7) is 5.59. The van der Waals surface area contributed by atoms with Crippen LogP contribution in [0.15, 0.2) is 42.7 Å². The number of aromatic amines is 1. The van der Waals surface area contributed by atoms with Crippen LogP contribution in [-0.4, -0.2) is 35.6 Å². The van der Waals surface area contributed by atoms with Crippen LogP contribution in [0.1, 0.15) is 31.1 Å². The van der Waals surface area contributed by atoms with Crippen molar-refractivity contribution in [3.8, 4) is 11.1 Å². The van der Waals surface area contributed by atoms with Crippen LogP contribution in [0, 0.1) is 0 Å². The molecule has 5 nitrogen and oxygen atoms in total. The summed E-state index contributed by atoms with van der Waals surface area (Å²) in [6.07, 6.45) is 3.55. The van der Waals surface area contributed by atoms with E-state index in [9.17, 15) is 4.79 Å². The number of rotatable bonds is 3. The number of pyridine rings is 1. The Balaban J connectivity index is 1.99. The fourth-order valence-electron chi connectivity index (χ4n) is 2.62. The number of hydrogen-bond donors (Lipinski definition) is 1. The first-order valence-electron chi connectivity index (χ1n) is 8.23. The third kappa shape index (κ3) is 3.65. The van der Waals surface area contributed by atoms with Gasteiger partial charge in [0.25, 0.3) is 0 Å². The number of ether oxygens (including phenoxy) is 1. The molecule has 0 amide bonds. The van der Waals surface area contributed by atoms with Crippen molar-refractivity contribution in [1.82, 2.24) is 9.97 Å². The van der Waals surface area contributed by atoms with Gasteiger partial charge in [-0.25, -0.2) is 9.78 Å². The van der Waals surface area contributed by atoms with Crippen LogP contribution in [0.2, 0.25) is 0 Å². The molecule has 2 aromatic heterocycles. The van der Waals surface area contributed by atoms with Gasteiger partial charge in [0, 0.05) is 43.0 Å². The van der Waals surface area contributed by atoms with Gasteiger partial charge in [-0.05, 0) is 50.6 Å². The highest BCUT2D eigenvalue weighted by Gasteiger charge is 2.20. The Morgan fingerprint density at radius 3 is 2.44 bits per heavy atom. The maximum Gasteiger partial charge on any atom is 0.340 e. The SMILES string of the molecule is CN(C)c1ccc(-c2ccc3[nH]cc(C(=O)OC(C)(C)C)c3c2)cn1. The van der Waals surface area contributed by atoms with Crippen molar-refractivity contribution in [3.63, 3.8) is 0 Å². The van der Waals surface area contributed by atoms with Crippen LogP contribution in [0.5, 0.6) is 0 Å². The van der Waals surface area contributed by atoms with E-state index in [-0.39, 0.29) is 5.97 Å². The van der Waals surface area contributed by atoms with E-state index in [1.165, 1.54) is 0 Å². The molecule has 1 aromatic carbocycles. The molecular weight excluding hydrogens is 314 g/mol. The van der Waals surface area contributed by atoms with Crippen LogP contribution in [0.3, 0.4) is 0 Å². The lowest BCUT2D eigenvalue weighted by Gasteiger charge is -2.19. The maximum atomic E-state index is 12.4. The van der Waals surface area contributed by atoms with E-state index in [1.54, 1.807) is 6.20 Å². The summed E-state index contributed by atoms with van der Waals surface area (Å²) in [5.41, 5.74) is 2.94. The van der Waals surface area contributed by atoms with E-state index in [1.807, 2.05) is 76.3 Å². The molecule has 130 valence electrons. The van der Waals surface area contributed by atoms with Crippen molar-refractivity contribution in [2.75, 3.05) is 19.0 Å². The van der Waals surface area contributed by atoms with Crippen molar-refractivity contribution in [2.45, 2.75) is 26.4 Å². The first-order chi connectivity index (χ1) is 11.7. The van der Waals surface area contributed by atoms with Gasteiger partial charge in [0.15, 0.2) is 0 Å². The third-order valence-corrected chi connectivity index (χ3v) is 3.84. The highest BCUT2D eigenvalue weighted by molar-refractivity contribution is 6.05. The summed E-state index contributed by atoms with van der Waals surface area (Å²) in [7, 11) is 3.92. The Hall–Kier alpha value is -2.82. The van der Waals surface area contributed by atoms with E-state index in [0.29, 0.717) is 5.56 Å². The van der Waals surface area contributed by atoms with Crippen molar-refractivity contribution >= 4 is 22.7 Å². The van der Waals surface area contributed by atoms with Crippen molar-refractivity contribution in [2.24, 2.45) is 0 Å². The molecule has 5 heteroatoms. The molecule has 0 fully saturated rings. The fourth-order valence-corrected chi connectivity index (χ4v) is 2.62. The van der Waals surface area contributed by atoms with Gasteiger partial charge in [0.05, 0.1) is 5.56 Å². The topological polar surface area (TPSA) is 58.2 Å². The standard InChI is InChI=1S/C20H23N3O2/c1-20(2,3)25-19(24)16-12-21-17-8-6-13(10-15(16)17)14-7-9-18(22-11-14)23(4)5/h6-12,21H,1-5H3. The van der Waals surface area contributed by atoms with Gasteiger partial charge in [-0.1, -0.05) is 6.07 Å². The quantitative estimate of drug-likeness (QED) is 0.726. The van der Waals surface area contributed by atoms with E-state index >= 15 is 0 Å². The zero-order valence-electron chi connectivity index (χ0n) is 15.3. The number of nitrogens with one attached hydrogen (secondary N) is 1. The van der Waals surface area contributed by atoms with Crippen molar-refractivity contribution in [3.05, 3.63) is 48.3 Å². The Morgan fingerprint density at radius 1 is 1.12 bits per heavy atom. The molecule has 3 aromatic rings. The Kier molecular flexibility index (Phi) is 4.25. The lowest BCUT2D eigenvalue weighted by Crippen LogP contribution is -2.23. The van der Waals surface area contributed by atoms with E-state index < -0.39 is 5.60 Å². The van der Waals surface area contributed by atoms with Crippen LogP contribution in [0.4, 0.5) is 5.82 Å². The summed E-state index contributed by atoms with van der Waals surface area (Å²) >= 11 is 0. The molecule has 0 bridgehead atoms. The molecule has 0 aliphatic carbocycles. The Labute approximate surface area is 147 Å². The molecule has 25 heavy (non-hydrogen) atoms. The highest BCUT2D eigenvalue weighted by Crippen LogP contribution is 2.28. The number of carbonyl (C=O) groups is 1. The number of fused-ring (bicyclic) bond motifs is 1. The normalized spacial score (nSPS) is 11.6. The van der Waals surface area contributed by atoms with E-state index in [2.05, 4.69) is 9.97 Å². The lowest BCUT2D eigenvalue weighted by atomic mass is 10.0. The number of nitrogens with zero attached hydrogens (tertiary/aromatic N) is 2. The summed E-state index contributed by atoms with van der Waals surface area (Å²) in [6, 6.07) is 9.99. The maximum absolute atomic E-state index is 12.4. The van der Waals surface area contributed by atoms with E-state index in [4.69, 9.17) is 4.74 Å². The summed E-state index contributed by atoms with van der Waals surface area (Å²) in [4.78, 5) is 22.0. The van der Waals surface area contributed by atoms with Crippen LogP contribution < -0.4 is 4.90 Å². The molecule has 0 aliphatic heterocycles. The van der Waals surface area contributed by atoms with Gasteiger partial charge < -0.3 is 14.6 Å². The third-order valence-electron chi connectivity index (χ3n) is 3.84. The molecule has 2 heterocycles. The van der Waals surface area contributed by atoms with Gasteiger partial charge in [-0.3, -0.25) is 0 Å². The molecule has 3 rings (SSSR count). The fraction of sp³-hybridized carbons (Fsp3) is 0.300. The number of benzene rings is 1. The minimum atomic E-state index is -0.524. The molecule has 0 aliphatic rings. The average molecular weight is 337 g/mol. The summed E-state index contributed by atoms with van der Waals surface area (Å²) < 4.78 is 5.50. The van der Waals surface area contributed by atoms with Crippen LogP contribution in [-0.2, 0) is 4.74 Å². The molecule has 0 spiro atoms. The molecule has 1 N–H and O–H groups in total. The predicted octanol–water partition coefficient (Wildman–Crippen LogP) is 4.25. The molecule has 0 saturated heterocycles. The van der Waals surface area contributed by atoms with Gasteiger partial charge in [0.1, 0.15) is 11.4 Å². The minimum absolute atomic E-state index is 0.322. The van der Waals surface area contributed by atoms with Gasteiger partial charge in [0.2, 0.25) is 0 Å². The first-order valence-corrected chi connectivity index (χ1v) is 8.23. The molecular formula is C20H23N3O2. The number of hydrogen-bond acceptors (Lipinski definition) is 4. The summed E-state index contributed by atoms with van der Waals surface area (Å²) in [5, 5.41) is 0.850. The molecule has 0 atom stereocenters. The number of esters is 1. The minimum Gasteiger partial charge on any atom is -0.456 e. The molecule has 0 unspecified atom stereocenters. The number of aromatic nitrogens is 2. The monoisotopic (exact) mass is 337 g/mol. The predicted molar refractivity (Wildman–Crippen MR) is 101 cm³/mol. The Bertz CT molecular complexity index is 903. The summed E-state index contributed by atoms with van der Waals surface area (Å²) in [5.74, 6) is 0.581. The largest absolute Gasteiger partial charge is 0.456 e. The van der Waals surface area contributed by atoms with Crippen LogP contribution in [0.25, 0.3) is 22.0 Å². The second kappa shape index (κ2) is 6.24. The van der Waals surface area contributed by atoms with Crippen molar-refractivity contribution < 1.29 is 9.53 Å². The van der Waals surface area contributed by atoms with E-state index in [0.717, 1.165) is 27.8 Å². The molecule has 0 radical (unpaired) electrons. The highest BCUT2D eigenvalue weighted by atomic mass is 16.6. The first kappa shape index (κ1) is 17.0. The number of carbonyl (C=O) groups excluding carboxylic acids is 1. The average Bonchev–Trinajstić information content (AvgIpc) is 2.96.